The molecule has 1 atom stereocenters. The zero-order valence-corrected chi connectivity index (χ0v) is 21.3. The molecule has 0 aliphatic carbocycles. The fourth-order valence-electron chi connectivity index (χ4n) is 4.71. The second-order valence-electron chi connectivity index (χ2n) is 9.07. The molecule has 2 aliphatic heterocycles. The monoisotopic (exact) mass is 554 g/mol. The molecule has 1 fully saturated rings. The average Bonchev–Trinajstić information content (AvgIpc) is 3.52. The number of nitrogens with zero attached hydrogens (tertiary/aromatic N) is 4. The highest BCUT2D eigenvalue weighted by atomic mass is 32.1. The molecular formula is C25H26F4N4O4S. The molecule has 1 saturated heterocycles. The summed E-state index contributed by atoms with van der Waals surface area (Å²) in [5, 5.41) is 6.33. The molecule has 0 spiro atoms. The summed E-state index contributed by atoms with van der Waals surface area (Å²) in [6.07, 6.45) is -5.34. The van der Waals surface area contributed by atoms with Gasteiger partial charge in [-0.2, -0.15) is 5.10 Å². The standard InChI is InChI=1S/C25H26F4N4O4S/c1-35-20-4-2-3-15-11-36-25(37-12-16(15)20)18-13-38-24(30-18)14-5-7-32(8-6-14)21(34)10-33-19(23(28)29)9-17(31-33)22(26)27/h2-4,9,13-14,22-23,25H,5-8,10-12H2,1H3. The van der Waals surface area contributed by atoms with Crippen LogP contribution in [0, 0.1) is 0 Å². The van der Waals surface area contributed by atoms with Gasteiger partial charge in [0.15, 0.2) is 0 Å². The van der Waals surface area contributed by atoms with E-state index in [1.165, 1.54) is 11.3 Å². The van der Waals surface area contributed by atoms with Crippen molar-refractivity contribution in [3.05, 3.63) is 62.9 Å². The van der Waals surface area contributed by atoms with Crippen LogP contribution in [0.4, 0.5) is 17.6 Å². The van der Waals surface area contributed by atoms with Crippen LogP contribution in [-0.4, -0.2) is 45.8 Å². The van der Waals surface area contributed by atoms with Gasteiger partial charge >= 0.3 is 0 Å². The minimum Gasteiger partial charge on any atom is -0.496 e. The normalized spacial score (nSPS) is 18.6. The van der Waals surface area contributed by atoms with E-state index in [2.05, 4.69) is 5.10 Å². The molecule has 3 aromatic rings. The first-order chi connectivity index (χ1) is 18.3. The maximum absolute atomic E-state index is 13.2. The Morgan fingerprint density at radius 3 is 2.63 bits per heavy atom. The molecule has 0 bridgehead atoms. The Morgan fingerprint density at radius 2 is 1.92 bits per heavy atom. The van der Waals surface area contributed by atoms with Gasteiger partial charge in [-0.1, -0.05) is 12.1 Å². The predicted octanol–water partition coefficient (Wildman–Crippen LogP) is 5.38. The van der Waals surface area contributed by atoms with Crippen LogP contribution in [0.25, 0.3) is 0 Å². The van der Waals surface area contributed by atoms with Gasteiger partial charge in [0.25, 0.3) is 12.9 Å². The number of benzene rings is 1. The van der Waals surface area contributed by atoms with E-state index >= 15 is 0 Å². The Balaban J connectivity index is 1.17. The number of amides is 1. The van der Waals surface area contributed by atoms with Gasteiger partial charge < -0.3 is 19.1 Å². The fraction of sp³-hybridized carbons (Fsp3) is 0.480. The molecule has 0 saturated carbocycles. The highest BCUT2D eigenvalue weighted by molar-refractivity contribution is 7.09. The Hall–Kier alpha value is -3.03. The van der Waals surface area contributed by atoms with Crippen molar-refractivity contribution in [3.8, 4) is 5.75 Å². The largest absolute Gasteiger partial charge is 0.496 e. The first-order valence-electron chi connectivity index (χ1n) is 12.1. The second kappa shape index (κ2) is 11.4. The summed E-state index contributed by atoms with van der Waals surface area (Å²) >= 11 is 1.50. The van der Waals surface area contributed by atoms with Gasteiger partial charge in [0, 0.05) is 30.0 Å². The van der Waals surface area contributed by atoms with Gasteiger partial charge in [-0.15, -0.1) is 11.3 Å². The van der Waals surface area contributed by atoms with Crippen molar-refractivity contribution in [2.75, 3.05) is 20.2 Å². The number of fused-ring (bicyclic) bond motifs is 1. The minimum absolute atomic E-state index is 0.118. The first-order valence-corrected chi connectivity index (χ1v) is 13.0. The summed E-state index contributed by atoms with van der Waals surface area (Å²) in [6, 6.07) is 6.41. The van der Waals surface area contributed by atoms with E-state index in [1.54, 1.807) is 12.0 Å². The zero-order valence-electron chi connectivity index (χ0n) is 20.5. The van der Waals surface area contributed by atoms with Crippen LogP contribution in [0.1, 0.15) is 71.1 Å². The van der Waals surface area contributed by atoms with Crippen molar-refractivity contribution in [1.82, 2.24) is 19.7 Å². The van der Waals surface area contributed by atoms with E-state index in [-0.39, 0.29) is 5.92 Å². The van der Waals surface area contributed by atoms with Crippen LogP contribution in [0.3, 0.4) is 0 Å². The van der Waals surface area contributed by atoms with Gasteiger partial charge in [-0.3, -0.25) is 9.48 Å². The second-order valence-corrected chi connectivity index (χ2v) is 9.96. The molecule has 38 heavy (non-hydrogen) atoms. The van der Waals surface area contributed by atoms with Crippen molar-refractivity contribution >= 4 is 17.2 Å². The molecule has 8 nitrogen and oxygen atoms in total. The highest BCUT2D eigenvalue weighted by Crippen LogP contribution is 2.36. The number of carbonyl (C=O) groups is 1. The van der Waals surface area contributed by atoms with E-state index in [1.807, 2.05) is 23.6 Å². The highest BCUT2D eigenvalue weighted by Gasteiger charge is 2.30. The number of methoxy groups -OCH3 is 1. The van der Waals surface area contributed by atoms with Crippen LogP contribution in [-0.2, 0) is 34.0 Å². The molecule has 2 aromatic heterocycles. The molecule has 1 amide bonds. The van der Waals surface area contributed by atoms with Crippen LogP contribution in [0.15, 0.2) is 29.6 Å². The fourth-order valence-corrected chi connectivity index (χ4v) is 5.70. The van der Waals surface area contributed by atoms with Gasteiger partial charge in [-0.25, -0.2) is 22.5 Å². The smallest absolute Gasteiger partial charge is 0.282 e. The number of ether oxygens (including phenoxy) is 3. The third-order valence-electron chi connectivity index (χ3n) is 6.76. The molecule has 2 aliphatic rings. The van der Waals surface area contributed by atoms with E-state index in [9.17, 15) is 22.4 Å². The Bertz CT molecular complexity index is 1280. The summed E-state index contributed by atoms with van der Waals surface area (Å²) < 4.78 is 70.4. The summed E-state index contributed by atoms with van der Waals surface area (Å²) in [6.45, 7) is 0.989. The Morgan fingerprint density at radius 1 is 1.16 bits per heavy atom. The number of rotatable bonds is 7. The Labute approximate surface area is 220 Å². The lowest BCUT2D eigenvalue weighted by atomic mass is 9.97. The minimum atomic E-state index is -3.01. The lowest BCUT2D eigenvalue weighted by Crippen LogP contribution is -2.40. The number of piperidine rings is 1. The van der Waals surface area contributed by atoms with Gasteiger partial charge in [0.05, 0.1) is 25.3 Å². The van der Waals surface area contributed by atoms with Gasteiger partial charge in [-0.05, 0) is 30.5 Å². The summed E-state index contributed by atoms with van der Waals surface area (Å²) in [5.41, 5.74) is 1.18. The summed E-state index contributed by atoms with van der Waals surface area (Å²) in [4.78, 5) is 19.0. The predicted molar refractivity (Wildman–Crippen MR) is 128 cm³/mol. The van der Waals surface area contributed by atoms with E-state index in [0.29, 0.717) is 55.6 Å². The van der Waals surface area contributed by atoms with Gasteiger partial charge in [0.1, 0.15) is 29.4 Å². The van der Waals surface area contributed by atoms with Crippen LogP contribution < -0.4 is 4.74 Å². The molecule has 1 aromatic carbocycles. The third kappa shape index (κ3) is 5.54. The topological polar surface area (TPSA) is 78.7 Å². The number of carbonyl (C=O) groups excluding carboxylic acids is 1. The molecule has 0 N–H and O–H groups in total. The van der Waals surface area contributed by atoms with E-state index < -0.39 is 43.0 Å². The number of hydrogen-bond donors (Lipinski definition) is 0. The number of alkyl halides is 4. The van der Waals surface area contributed by atoms with Gasteiger partial charge in [0.2, 0.25) is 12.2 Å². The number of likely N-dealkylation sites (tertiary alicyclic amines) is 1. The third-order valence-corrected chi connectivity index (χ3v) is 7.78. The van der Waals surface area contributed by atoms with Crippen molar-refractivity contribution in [1.29, 1.82) is 0 Å². The van der Waals surface area contributed by atoms with E-state index in [4.69, 9.17) is 19.2 Å². The molecular weight excluding hydrogens is 528 g/mol. The molecule has 204 valence electrons. The van der Waals surface area contributed by atoms with Crippen molar-refractivity contribution in [2.24, 2.45) is 0 Å². The number of hydrogen-bond acceptors (Lipinski definition) is 7. The molecule has 0 radical (unpaired) electrons. The maximum Gasteiger partial charge on any atom is 0.282 e. The summed E-state index contributed by atoms with van der Waals surface area (Å²) in [7, 11) is 1.62. The lowest BCUT2D eigenvalue weighted by Gasteiger charge is -2.31. The lowest BCUT2D eigenvalue weighted by molar-refractivity contribution is -0.155. The van der Waals surface area contributed by atoms with Crippen LogP contribution >= 0.6 is 11.3 Å². The van der Waals surface area contributed by atoms with Crippen molar-refractivity contribution in [3.63, 3.8) is 0 Å². The number of thiazole rings is 1. The summed E-state index contributed by atoms with van der Waals surface area (Å²) in [5.74, 6) is 0.427. The molecule has 1 unspecified atom stereocenters. The zero-order chi connectivity index (χ0) is 26.8. The number of halogens is 4. The van der Waals surface area contributed by atoms with Crippen molar-refractivity contribution < 1.29 is 36.6 Å². The van der Waals surface area contributed by atoms with Crippen LogP contribution in [0.2, 0.25) is 0 Å². The van der Waals surface area contributed by atoms with E-state index in [0.717, 1.165) is 21.9 Å². The Kier molecular flexibility index (Phi) is 7.96. The first kappa shape index (κ1) is 26.6. The molecule has 5 rings (SSSR count). The SMILES string of the molecule is COc1cccc2c1COC(c1csc(C3CCN(C(=O)Cn4nc(C(F)F)cc4C(F)F)CC3)n1)OC2. The molecule has 13 heteroatoms. The maximum atomic E-state index is 13.2. The number of aromatic nitrogens is 3. The quantitative estimate of drug-likeness (QED) is 0.365. The molecule has 4 heterocycles. The van der Waals surface area contributed by atoms with Crippen LogP contribution in [0.5, 0.6) is 5.75 Å². The van der Waals surface area contributed by atoms with Crippen molar-refractivity contribution in [2.45, 2.75) is 57.7 Å². The average molecular weight is 555 g/mol.